The van der Waals surface area contributed by atoms with Gasteiger partial charge in [0.2, 0.25) is 0 Å². The first-order chi connectivity index (χ1) is 13.3. The molecule has 0 unspecified atom stereocenters. The molecule has 1 aromatic carbocycles. The highest BCUT2D eigenvalue weighted by atomic mass is 32.2. The molecule has 0 saturated carbocycles. The minimum Gasteiger partial charge on any atom is -0.396 e. The Balaban J connectivity index is 2.39. The zero-order valence-electron chi connectivity index (χ0n) is 15.9. The number of aliphatic hydroxyl groups excluding tert-OH is 1. The van der Waals surface area contributed by atoms with Crippen molar-refractivity contribution in [3.63, 3.8) is 0 Å². The van der Waals surface area contributed by atoms with Gasteiger partial charge in [0.05, 0.1) is 10.6 Å². The van der Waals surface area contributed by atoms with Gasteiger partial charge in [-0.25, -0.2) is 18.4 Å². The van der Waals surface area contributed by atoms with Gasteiger partial charge in [-0.3, -0.25) is 4.79 Å². The topological polar surface area (TPSA) is 147 Å². The van der Waals surface area contributed by atoms with Crippen LogP contribution in [-0.4, -0.2) is 48.8 Å². The fourth-order valence-corrected chi connectivity index (χ4v) is 3.17. The third kappa shape index (κ3) is 5.64. The number of carbonyl (C=O) groups excluding carboxylic acids is 1. The molecule has 9 nitrogen and oxygen atoms in total. The van der Waals surface area contributed by atoms with Gasteiger partial charge in [-0.2, -0.15) is 0 Å². The average Bonchev–Trinajstić information content (AvgIpc) is 2.64. The number of hydrogen-bond donors (Lipinski definition) is 4. The van der Waals surface area contributed by atoms with E-state index in [1.54, 1.807) is 12.1 Å². The van der Waals surface area contributed by atoms with Crippen LogP contribution in [0.2, 0.25) is 0 Å². The van der Waals surface area contributed by atoms with E-state index in [2.05, 4.69) is 20.6 Å². The number of nitrogens with one attached hydrogen (secondary N) is 2. The van der Waals surface area contributed by atoms with Crippen LogP contribution < -0.4 is 16.4 Å². The molecule has 0 atom stereocenters. The summed E-state index contributed by atoms with van der Waals surface area (Å²) in [5, 5.41) is 15.0. The number of rotatable bonds is 10. The molecule has 152 valence electrons. The first-order valence-electron chi connectivity index (χ1n) is 8.88. The first-order valence-corrected chi connectivity index (χ1v) is 10.8. The van der Waals surface area contributed by atoms with Crippen molar-refractivity contribution in [1.82, 2.24) is 9.97 Å². The number of anilines is 3. The Labute approximate surface area is 164 Å². The number of amides is 1. The molecule has 0 spiro atoms. The molecule has 0 aliphatic carbocycles. The predicted octanol–water partition coefficient (Wildman–Crippen LogP) is 1.47. The molecule has 0 bridgehead atoms. The standard InChI is InChI=1S/C18H25N5O4S/c1-3-14-17(20-9-4-5-10-24)23-18(15(22-14)16(19)25)21-12-7-6-8-13(11-12)28(2,26)27/h6-8,11,24H,3-5,9-10H2,1-2H3,(H2,19,25)(H2,20,21,23). The molecular formula is C18H25N5O4S. The number of aryl methyl sites for hydroxylation is 1. The summed E-state index contributed by atoms with van der Waals surface area (Å²) >= 11 is 0. The van der Waals surface area contributed by atoms with E-state index in [1.807, 2.05) is 6.92 Å². The lowest BCUT2D eigenvalue weighted by molar-refractivity contribution is 0.0996. The van der Waals surface area contributed by atoms with Crippen LogP contribution in [-0.2, 0) is 16.3 Å². The molecule has 28 heavy (non-hydrogen) atoms. The molecule has 1 aromatic heterocycles. The molecule has 1 heterocycles. The van der Waals surface area contributed by atoms with Gasteiger partial charge in [0.25, 0.3) is 5.91 Å². The predicted molar refractivity (Wildman–Crippen MR) is 108 cm³/mol. The van der Waals surface area contributed by atoms with E-state index in [9.17, 15) is 13.2 Å². The number of sulfone groups is 1. The molecule has 5 N–H and O–H groups in total. The van der Waals surface area contributed by atoms with Gasteiger partial charge < -0.3 is 21.5 Å². The van der Waals surface area contributed by atoms with Crippen LogP contribution in [0, 0.1) is 0 Å². The molecule has 0 saturated heterocycles. The van der Waals surface area contributed by atoms with E-state index in [1.165, 1.54) is 12.1 Å². The molecular weight excluding hydrogens is 382 g/mol. The monoisotopic (exact) mass is 407 g/mol. The molecule has 0 fully saturated rings. The molecule has 0 aliphatic heterocycles. The SMILES string of the molecule is CCc1nc(C(N)=O)c(Nc2cccc(S(C)(=O)=O)c2)nc1NCCCCO. The number of nitrogens with two attached hydrogens (primary N) is 1. The summed E-state index contributed by atoms with van der Waals surface area (Å²) in [4.78, 5) is 20.8. The Morgan fingerprint density at radius 1 is 1.21 bits per heavy atom. The number of hydrogen-bond acceptors (Lipinski definition) is 8. The van der Waals surface area contributed by atoms with E-state index in [0.717, 1.165) is 12.7 Å². The lowest BCUT2D eigenvalue weighted by Gasteiger charge is -2.15. The smallest absolute Gasteiger partial charge is 0.271 e. The Morgan fingerprint density at radius 2 is 1.96 bits per heavy atom. The summed E-state index contributed by atoms with van der Waals surface area (Å²) in [6.07, 6.45) is 3.06. The van der Waals surface area contributed by atoms with Crippen molar-refractivity contribution in [1.29, 1.82) is 0 Å². The van der Waals surface area contributed by atoms with Gasteiger partial charge in [0, 0.05) is 25.1 Å². The summed E-state index contributed by atoms with van der Waals surface area (Å²) in [5.41, 5.74) is 6.46. The van der Waals surface area contributed by atoms with E-state index in [4.69, 9.17) is 10.8 Å². The zero-order chi connectivity index (χ0) is 20.7. The van der Waals surface area contributed by atoms with Crippen LogP contribution in [0.3, 0.4) is 0 Å². The number of aromatic nitrogens is 2. The molecule has 0 radical (unpaired) electrons. The second-order valence-electron chi connectivity index (χ2n) is 6.22. The van der Waals surface area contributed by atoms with Crippen LogP contribution in [0.15, 0.2) is 29.2 Å². The van der Waals surface area contributed by atoms with Crippen LogP contribution in [0.25, 0.3) is 0 Å². The third-order valence-electron chi connectivity index (χ3n) is 3.94. The molecule has 0 aliphatic rings. The number of unbranched alkanes of at least 4 members (excludes halogenated alkanes) is 1. The fraction of sp³-hybridized carbons (Fsp3) is 0.389. The maximum absolute atomic E-state index is 11.9. The van der Waals surface area contributed by atoms with Crippen molar-refractivity contribution < 1.29 is 18.3 Å². The molecule has 1 amide bonds. The fourth-order valence-electron chi connectivity index (χ4n) is 2.50. The van der Waals surface area contributed by atoms with Gasteiger partial charge in [-0.05, 0) is 37.5 Å². The first kappa shape index (κ1) is 21.6. The normalized spacial score (nSPS) is 11.2. The summed E-state index contributed by atoms with van der Waals surface area (Å²) in [7, 11) is -3.38. The Kier molecular flexibility index (Phi) is 7.30. The van der Waals surface area contributed by atoms with Crippen molar-refractivity contribution in [2.75, 3.05) is 30.0 Å². The lowest BCUT2D eigenvalue weighted by Crippen LogP contribution is -2.19. The van der Waals surface area contributed by atoms with E-state index < -0.39 is 15.7 Å². The van der Waals surface area contributed by atoms with E-state index in [-0.39, 0.29) is 23.0 Å². The van der Waals surface area contributed by atoms with Crippen molar-refractivity contribution in [2.24, 2.45) is 5.73 Å². The molecule has 10 heteroatoms. The summed E-state index contributed by atoms with van der Waals surface area (Å²) in [6, 6.07) is 6.17. The number of benzene rings is 1. The Bertz CT molecular complexity index is 947. The van der Waals surface area contributed by atoms with E-state index in [0.29, 0.717) is 36.6 Å². The highest BCUT2D eigenvalue weighted by molar-refractivity contribution is 7.90. The zero-order valence-corrected chi connectivity index (χ0v) is 16.7. The second kappa shape index (κ2) is 9.47. The molecule has 2 rings (SSSR count). The second-order valence-corrected chi connectivity index (χ2v) is 8.23. The van der Waals surface area contributed by atoms with Crippen LogP contribution >= 0.6 is 0 Å². The average molecular weight is 407 g/mol. The van der Waals surface area contributed by atoms with Crippen LogP contribution in [0.5, 0.6) is 0 Å². The van der Waals surface area contributed by atoms with E-state index >= 15 is 0 Å². The van der Waals surface area contributed by atoms with Gasteiger partial charge in [0.15, 0.2) is 21.3 Å². The number of carbonyl (C=O) groups is 1. The van der Waals surface area contributed by atoms with Gasteiger partial charge in [0.1, 0.15) is 5.82 Å². The minimum absolute atomic E-state index is 0.0254. The van der Waals surface area contributed by atoms with Crippen LogP contribution in [0.4, 0.5) is 17.3 Å². The highest BCUT2D eigenvalue weighted by Crippen LogP contribution is 2.24. The summed E-state index contributed by atoms with van der Waals surface area (Å²) in [6.45, 7) is 2.58. The van der Waals surface area contributed by atoms with Crippen molar-refractivity contribution >= 4 is 33.1 Å². The number of aliphatic hydroxyl groups is 1. The van der Waals surface area contributed by atoms with Crippen LogP contribution in [0.1, 0.15) is 35.9 Å². The van der Waals surface area contributed by atoms with Crippen molar-refractivity contribution in [2.45, 2.75) is 31.1 Å². The molecule has 2 aromatic rings. The largest absolute Gasteiger partial charge is 0.396 e. The third-order valence-corrected chi connectivity index (χ3v) is 5.05. The highest BCUT2D eigenvalue weighted by Gasteiger charge is 2.17. The summed E-state index contributed by atoms with van der Waals surface area (Å²) < 4.78 is 23.5. The maximum Gasteiger partial charge on any atom is 0.271 e. The van der Waals surface area contributed by atoms with Gasteiger partial charge in [-0.15, -0.1) is 0 Å². The number of primary amides is 1. The maximum atomic E-state index is 11.9. The number of nitrogens with zero attached hydrogens (tertiary/aromatic N) is 2. The van der Waals surface area contributed by atoms with Crippen molar-refractivity contribution in [3.8, 4) is 0 Å². The minimum atomic E-state index is -3.38. The Hall–Kier alpha value is -2.72. The summed E-state index contributed by atoms with van der Waals surface area (Å²) in [5.74, 6) is -0.0944. The lowest BCUT2D eigenvalue weighted by atomic mass is 10.2. The van der Waals surface area contributed by atoms with Gasteiger partial charge in [-0.1, -0.05) is 13.0 Å². The van der Waals surface area contributed by atoms with Gasteiger partial charge >= 0.3 is 0 Å². The van der Waals surface area contributed by atoms with Crippen molar-refractivity contribution in [3.05, 3.63) is 35.7 Å². The Morgan fingerprint density at radius 3 is 2.57 bits per heavy atom. The quantitative estimate of drug-likeness (QED) is 0.433.